The molecule has 23 heavy (non-hydrogen) atoms. The minimum Gasteiger partial charge on any atom is -0.325 e. The molecule has 8 heteroatoms. The topological polar surface area (TPSA) is 89.8 Å². The first-order chi connectivity index (χ1) is 11.1. The van der Waals surface area contributed by atoms with Crippen molar-refractivity contribution >= 4 is 29.1 Å². The molecule has 0 atom stereocenters. The van der Waals surface area contributed by atoms with Crippen LogP contribution >= 0.6 is 11.8 Å². The predicted octanol–water partition coefficient (Wildman–Crippen LogP) is 2.41. The van der Waals surface area contributed by atoms with E-state index in [0.717, 1.165) is 19.4 Å². The molecule has 0 saturated carbocycles. The van der Waals surface area contributed by atoms with Crippen LogP contribution in [0.25, 0.3) is 0 Å². The number of unbranched alkanes of at least 4 members (excludes halogenated alkanes) is 1. The first-order valence-corrected chi connectivity index (χ1v) is 8.38. The number of anilines is 1. The van der Waals surface area contributed by atoms with Gasteiger partial charge in [0, 0.05) is 17.8 Å². The van der Waals surface area contributed by atoms with Gasteiger partial charge in [-0.25, -0.2) is 4.68 Å². The zero-order valence-corrected chi connectivity index (χ0v) is 14.0. The van der Waals surface area contributed by atoms with Crippen molar-refractivity contribution < 1.29 is 9.59 Å². The molecule has 1 N–H and O–H groups in total. The average molecular weight is 333 g/mol. The van der Waals surface area contributed by atoms with Crippen molar-refractivity contribution in [1.82, 2.24) is 20.2 Å². The summed E-state index contributed by atoms with van der Waals surface area (Å²) in [5.74, 6) is 0.0778. The SMILES string of the molecule is CCCCn1nnnc1SCC(=O)Nc1ccc(C(C)=O)cc1. The number of aromatic nitrogens is 4. The van der Waals surface area contributed by atoms with Gasteiger partial charge in [0.15, 0.2) is 5.78 Å². The summed E-state index contributed by atoms with van der Waals surface area (Å²) in [6, 6.07) is 6.81. The van der Waals surface area contributed by atoms with Gasteiger partial charge in [-0.15, -0.1) is 5.10 Å². The predicted molar refractivity (Wildman–Crippen MR) is 88.5 cm³/mol. The molecule has 7 nitrogen and oxygen atoms in total. The Morgan fingerprint density at radius 2 is 2.00 bits per heavy atom. The number of carbonyl (C=O) groups is 2. The minimum atomic E-state index is -0.143. The van der Waals surface area contributed by atoms with Gasteiger partial charge >= 0.3 is 0 Å². The van der Waals surface area contributed by atoms with Crippen molar-refractivity contribution in [3.63, 3.8) is 0 Å². The first kappa shape index (κ1) is 17.1. The number of rotatable bonds is 8. The number of hydrogen-bond acceptors (Lipinski definition) is 6. The number of hydrogen-bond donors (Lipinski definition) is 1. The molecule has 0 bridgehead atoms. The molecule has 1 heterocycles. The highest BCUT2D eigenvalue weighted by molar-refractivity contribution is 7.99. The lowest BCUT2D eigenvalue weighted by Gasteiger charge is -2.06. The van der Waals surface area contributed by atoms with Crippen molar-refractivity contribution in [3.05, 3.63) is 29.8 Å². The fraction of sp³-hybridized carbons (Fsp3) is 0.400. The van der Waals surface area contributed by atoms with Crippen molar-refractivity contribution in [2.45, 2.75) is 38.4 Å². The summed E-state index contributed by atoms with van der Waals surface area (Å²) in [5, 5.41) is 14.9. The van der Waals surface area contributed by atoms with Crippen molar-refractivity contribution in [1.29, 1.82) is 0 Å². The van der Waals surface area contributed by atoms with Crippen LogP contribution in [0.3, 0.4) is 0 Å². The maximum Gasteiger partial charge on any atom is 0.234 e. The molecule has 0 unspecified atom stereocenters. The molecule has 2 rings (SSSR count). The number of nitrogens with zero attached hydrogens (tertiary/aromatic N) is 4. The lowest BCUT2D eigenvalue weighted by Crippen LogP contribution is -2.15. The van der Waals surface area contributed by atoms with E-state index in [4.69, 9.17) is 0 Å². The molecule has 1 amide bonds. The zero-order valence-electron chi connectivity index (χ0n) is 13.2. The van der Waals surface area contributed by atoms with Crippen LogP contribution in [0.4, 0.5) is 5.69 Å². The molecule has 2 aromatic rings. The van der Waals surface area contributed by atoms with E-state index in [1.54, 1.807) is 28.9 Å². The van der Waals surface area contributed by atoms with Crippen LogP contribution in [0.5, 0.6) is 0 Å². The van der Waals surface area contributed by atoms with E-state index < -0.39 is 0 Å². The highest BCUT2D eigenvalue weighted by atomic mass is 32.2. The van der Waals surface area contributed by atoms with E-state index in [9.17, 15) is 9.59 Å². The number of carbonyl (C=O) groups excluding carboxylic acids is 2. The van der Waals surface area contributed by atoms with Crippen LogP contribution < -0.4 is 5.32 Å². The van der Waals surface area contributed by atoms with Crippen molar-refractivity contribution in [2.24, 2.45) is 0 Å². The van der Waals surface area contributed by atoms with Crippen LogP contribution in [0.1, 0.15) is 37.0 Å². The molecule has 0 spiro atoms. The maximum atomic E-state index is 12.0. The number of Topliss-reactive ketones (excluding diaryl/α,β-unsaturated/α-hetero) is 1. The summed E-state index contributed by atoms with van der Waals surface area (Å²) in [6.45, 7) is 4.36. The van der Waals surface area contributed by atoms with Crippen LogP contribution in [-0.2, 0) is 11.3 Å². The monoisotopic (exact) mass is 333 g/mol. The Labute approximate surface area is 138 Å². The lowest BCUT2D eigenvalue weighted by atomic mass is 10.1. The van der Waals surface area contributed by atoms with E-state index >= 15 is 0 Å². The van der Waals surface area contributed by atoms with Gasteiger partial charge < -0.3 is 5.32 Å². The summed E-state index contributed by atoms with van der Waals surface area (Å²) < 4.78 is 1.71. The van der Waals surface area contributed by atoms with E-state index in [1.165, 1.54) is 18.7 Å². The summed E-state index contributed by atoms with van der Waals surface area (Å²) in [5.41, 5.74) is 1.28. The third-order valence-corrected chi connectivity index (χ3v) is 4.09. The highest BCUT2D eigenvalue weighted by Gasteiger charge is 2.10. The molecule has 1 aromatic carbocycles. The van der Waals surface area contributed by atoms with Crippen LogP contribution in [-0.4, -0.2) is 37.7 Å². The highest BCUT2D eigenvalue weighted by Crippen LogP contribution is 2.15. The Bertz CT molecular complexity index is 669. The number of amides is 1. The number of thioether (sulfide) groups is 1. The second-order valence-electron chi connectivity index (χ2n) is 5.01. The summed E-state index contributed by atoms with van der Waals surface area (Å²) in [4.78, 5) is 23.2. The van der Waals surface area contributed by atoms with Gasteiger partial charge in [0.2, 0.25) is 11.1 Å². The second-order valence-corrected chi connectivity index (χ2v) is 5.95. The second kappa shape index (κ2) is 8.42. The van der Waals surface area contributed by atoms with Gasteiger partial charge in [-0.05, 0) is 48.0 Å². The van der Waals surface area contributed by atoms with E-state index in [1.807, 2.05) is 0 Å². The van der Waals surface area contributed by atoms with E-state index in [0.29, 0.717) is 16.4 Å². The van der Waals surface area contributed by atoms with Gasteiger partial charge in [0.05, 0.1) is 5.75 Å². The van der Waals surface area contributed by atoms with Gasteiger partial charge in [-0.3, -0.25) is 9.59 Å². The Morgan fingerprint density at radius 1 is 1.26 bits per heavy atom. The van der Waals surface area contributed by atoms with Crippen LogP contribution in [0.2, 0.25) is 0 Å². The zero-order chi connectivity index (χ0) is 16.7. The molecular formula is C15H19N5O2S. The molecule has 0 aliphatic heterocycles. The Kier molecular flexibility index (Phi) is 6.28. The fourth-order valence-corrected chi connectivity index (χ4v) is 2.57. The molecule has 0 radical (unpaired) electrons. The smallest absolute Gasteiger partial charge is 0.234 e. The van der Waals surface area contributed by atoms with Crippen molar-refractivity contribution in [2.75, 3.05) is 11.1 Å². The van der Waals surface area contributed by atoms with Gasteiger partial charge in [0.1, 0.15) is 0 Å². The standard InChI is InChI=1S/C15H19N5O2S/c1-3-4-9-20-15(17-18-19-20)23-10-14(22)16-13-7-5-12(6-8-13)11(2)21/h5-8H,3-4,9-10H2,1-2H3,(H,16,22). The van der Waals surface area contributed by atoms with E-state index in [2.05, 4.69) is 27.8 Å². The fourth-order valence-electron chi connectivity index (χ4n) is 1.86. The largest absolute Gasteiger partial charge is 0.325 e. The molecule has 122 valence electrons. The minimum absolute atomic E-state index is 0.00246. The van der Waals surface area contributed by atoms with Crippen molar-refractivity contribution in [3.8, 4) is 0 Å². The van der Waals surface area contributed by atoms with Gasteiger partial charge in [-0.1, -0.05) is 25.1 Å². The average Bonchev–Trinajstić information content (AvgIpc) is 2.99. The number of nitrogens with one attached hydrogen (secondary N) is 1. The normalized spacial score (nSPS) is 10.5. The lowest BCUT2D eigenvalue weighted by molar-refractivity contribution is -0.113. The molecular weight excluding hydrogens is 314 g/mol. The molecule has 0 saturated heterocycles. The summed E-state index contributed by atoms with van der Waals surface area (Å²) in [6.07, 6.45) is 2.05. The van der Waals surface area contributed by atoms with Gasteiger partial charge in [0.25, 0.3) is 0 Å². The third kappa shape index (κ3) is 5.17. The van der Waals surface area contributed by atoms with Crippen LogP contribution in [0, 0.1) is 0 Å². The van der Waals surface area contributed by atoms with Crippen LogP contribution in [0.15, 0.2) is 29.4 Å². The Balaban J connectivity index is 1.85. The third-order valence-electron chi connectivity index (χ3n) is 3.13. The first-order valence-electron chi connectivity index (χ1n) is 7.40. The molecule has 0 aliphatic rings. The number of ketones is 1. The number of aryl methyl sites for hydroxylation is 1. The Hall–Kier alpha value is -2.22. The molecule has 0 aliphatic carbocycles. The van der Waals surface area contributed by atoms with E-state index in [-0.39, 0.29) is 17.4 Å². The Morgan fingerprint density at radius 3 is 2.65 bits per heavy atom. The summed E-state index contributed by atoms with van der Waals surface area (Å²) >= 11 is 1.30. The maximum absolute atomic E-state index is 12.0. The van der Waals surface area contributed by atoms with Gasteiger partial charge in [-0.2, -0.15) is 0 Å². The summed E-state index contributed by atoms with van der Waals surface area (Å²) in [7, 11) is 0. The molecule has 1 aromatic heterocycles. The number of tetrazole rings is 1. The number of benzene rings is 1. The molecule has 0 fully saturated rings. The quantitative estimate of drug-likeness (QED) is 0.589.